The molecule has 0 aromatic carbocycles. The van der Waals surface area contributed by atoms with Crippen molar-refractivity contribution >= 4 is 11.9 Å². The monoisotopic (exact) mass is 398 g/mol. The topological polar surface area (TPSA) is 92.4 Å². The molecule has 0 aliphatic rings. The van der Waals surface area contributed by atoms with Crippen LogP contribution in [0, 0.1) is 5.92 Å². The molecule has 28 heavy (non-hydrogen) atoms. The lowest BCUT2D eigenvalue weighted by molar-refractivity contribution is -0.142. The van der Waals surface area contributed by atoms with Gasteiger partial charge in [0, 0.05) is 6.42 Å². The first-order chi connectivity index (χ1) is 13.5. The Kier molecular flexibility index (Phi) is 18.5. The second kappa shape index (κ2) is 19.2. The number of carboxylic acids is 1. The highest BCUT2D eigenvalue weighted by atomic mass is 16.4. The molecule has 0 aromatic rings. The Bertz CT molecular complexity index is 386. The van der Waals surface area contributed by atoms with E-state index in [0.29, 0.717) is 25.8 Å². The van der Waals surface area contributed by atoms with Crippen LogP contribution in [0.4, 0.5) is 0 Å². The van der Waals surface area contributed by atoms with E-state index in [-0.39, 0.29) is 5.91 Å². The van der Waals surface area contributed by atoms with Gasteiger partial charge in [-0.05, 0) is 31.7 Å². The van der Waals surface area contributed by atoms with Crippen LogP contribution in [0.25, 0.3) is 0 Å². The Morgan fingerprint density at radius 1 is 0.750 bits per heavy atom. The van der Waals surface area contributed by atoms with Crippen LogP contribution in [0.5, 0.6) is 0 Å². The second-order valence-corrected chi connectivity index (χ2v) is 8.56. The Hall–Kier alpha value is -1.10. The van der Waals surface area contributed by atoms with Crippen molar-refractivity contribution in [1.82, 2.24) is 5.32 Å². The molecule has 0 rings (SSSR count). The van der Waals surface area contributed by atoms with Gasteiger partial charge in [0.2, 0.25) is 5.91 Å². The van der Waals surface area contributed by atoms with Gasteiger partial charge in [-0.25, -0.2) is 4.79 Å². The van der Waals surface area contributed by atoms with E-state index in [1.54, 1.807) is 0 Å². The molecular formula is C23H46N2O3. The fourth-order valence-electron chi connectivity index (χ4n) is 3.45. The minimum Gasteiger partial charge on any atom is -0.480 e. The van der Waals surface area contributed by atoms with Crippen molar-refractivity contribution in [3.05, 3.63) is 0 Å². The molecule has 1 atom stereocenters. The lowest BCUT2D eigenvalue weighted by Gasteiger charge is -2.13. The molecule has 1 amide bonds. The minimum absolute atomic E-state index is 0.155. The van der Waals surface area contributed by atoms with Crippen LogP contribution in [0.1, 0.15) is 117 Å². The summed E-state index contributed by atoms with van der Waals surface area (Å²) in [6, 6.07) is -0.800. The van der Waals surface area contributed by atoms with Crippen molar-refractivity contribution in [2.45, 2.75) is 123 Å². The first-order valence-electron chi connectivity index (χ1n) is 11.7. The lowest BCUT2D eigenvalue weighted by atomic mass is 10.0. The third-order valence-electron chi connectivity index (χ3n) is 5.27. The molecule has 0 fully saturated rings. The lowest BCUT2D eigenvalue weighted by Crippen LogP contribution is -2.40. The molecule has 0 spiro atoms. The summed E-state index contributed by atoms with van der Waals surface area (Å²) < 4.78 is 0. The molecule has 0 aliphatic carbocycles. The van der Waals surface area contributed by atoms with E-state index in [4.69, 9.17) is 10.8 Å². The number of rotatable bonds is 20. The van der Waals surface area contributed by atoms with E-state index in [9.17, 15) is 9.59 Å². The third-order valence-corrected chi connectivity index (χ3v) is 5.27. The summed E-state index contributed by atoms with van der Waals surface area (Å²) in [5.74, 6) is -0.285. The number of nitrogens with two attached hydrogens (primary N) is 1. The smallest absolute Gasteiger partial charge is 0.326 e. The SMILES string of the molecule is CC(C)CCCCCCCCCCCCCCC(=O)N[C@@H](CCCN)C(=O)O. The number of unbranched alkanes of at least 4 members (excludes halogenated alkanes) is 11. The van der Waals surface area contributed by atoms with Gasteiger partial charge in [-0.2, -0.15) is 0 Å². The van der Waals surface area contributed by atoms with Crippen molar-refractivity contribution < 1.29 is 14.7 Å². The van der Waals surface area contributed by atoms with Crippen LogP contribution in [0.15, 0.2) is 0 Å². The van der Waals surface area contributed by atoms with E-state index in [1.807, 2.05) is 0 Å². The van der Waals surface area contributed by atoms with Crippen LogP contribution in [0.3, 0.4) is 0 Å². The average molecular weight is 399 g/mol. The first-order valence-corrected chi connectivity index (χ1v) is 11.7. The van der Waals surface area contributed by atoms with Crippen molar-refractivity contribution in [3.63, 3.8) is 0 Å². The minimum atomic E-state index is -0.975. The molecular weight excluding hydrogens is 352 g/mol. The highest BCUT2D eigenvalue weighted by Crippen LogP contribution is 2.14. The van der Waals surface area contributed by atoms with Crippen LogP contribution in [-0.4, -0.2) is 29.6 Å². The maximum Gasteiger partial charge on any atom is 0.326 e. The van der Waals surface area contributed by atoms with Gasteiger partial charge in [-0.3, -0.25) is 4.79 Å². The van der Waals surface area contributed by atoms with Crippen LogP contribution in [0.2, 0.25) is 0 Å². The van der Waals surface area contributed by atoms with Gasteiger partial charge in [0.05, 0.1) is 0 Å². The molecule has 0 aliphatic heterocycles. The second-order valence-electron chi connectivity index (χ2n) is 8.56. The first kappa shape index (κ1) is 26.9. The van der Waals surface area contributed by atoms with Gasteiger partial charge in [0.1, 0.15) is 6.04 Å². The number of aliphatic carboxylic acids is 1. The molecule has 0 saturated heterocycles. The van der Waals surface area contributed by atoms with Gasteiger partial charge in [-0.1, -0.05) is 90.9 Å². The van der Waals surface area contributed by atoms with Gasteiger partial charge in [0.15, 0.2) is 0 Å². The number of hydrogen-bond donors (Lipinski definition) is 3. The number of nitrogens with one attached hydrogen (secondary N) is 1. The molecule has 5 heteroatoms. The Labute approximate surface area is 173 Å². The zero-order valence-electron chi connectivity index (χ0n) is 18.5. The van der Waals surface area contributed by atoms with Crippen LogP contribution < -0.4 is 11.1 Å². The van der Waals surface area contributed by atoms with Gasteiger partial charge in [0.25, 0.3) is 0 Å². The van der Waals surface area contributed by atoms with Crippen molar-refractivity contribution in [2.24, 2.45) is 11.7 Å². The predicted octanol–water partition coefficient (Wildman–Crippen LogP) is 5.41. The predicted molar refractivity (Wildman–Crippen MR) is 117 cm³/mol. The zero-order chi connectivity index (χ0) is 21.0. The number of carbonyl (C=O) groups is 2. The summed E-state index contributed by atoms with van der Waals surface area (Å²) in [6.45, 7) is 5.04. The molecule has 4 N–H and O–H groups in total. The van der Waals surface area contributed by atoms with Gasteiger partial charge < -0.3 is 16.2 Å². The Morgan fingerprint density at radius 3 is 1.64 bits per heavy atom. The summed E-state index contributed by atoms with van der Waals surface area (Å²) in [5, 5.41) is 11.7. The fraction of sp³-hybridized carbons (Fsp3) is 0.913. The number of hydrogen-bond acceptors (Lipinski definition) is 3. The van der Waals surface area contributed by atoms with Gasteiger partial charge in [-0.15, -0.1) is 0 Å². The maximum atomic E-state index is 11.8. The van der Waals surface area contributed by atoms with E-state index >= 15 is 0 Å². The standard InChI is InChI=1S/C23H46N2O3/c1-20(2)16-13-11-9-7-5-3-4-6-8-10-12-14-18-22(26)25-21(23(27)28)17-15-19-24/h20-21H,3-19,24H2,1-2H3,(H,25,26)(H,27,28)/t21-/m0/s1. The molecule has 0 bridgehead atoms. The maximum absolute atomic E-state index is 11.8. The van der Waals surface area contributed by atoms with E-state index in [0.717, 1.165) is 25.2 Å². The molecule has 0 unspecified atom stereocenters. The zero-order valence-corrected chi connectivity index (χ0v) is 18.5. The van der Waals surface area contributed by atoms with Crippen LogP contribution >= 0.6 is 0 Å². The fourth-order valence-corrected chi connectivity index (χ4v) is 3.45. The molecule has 0 radical (unpaired) electrons. The Morgan fingerprint density at radius 2 is 1.21 bits per heavy atom. The molecule has 0 saturated carbocycles. The normalized spacial score (nSPS) is 12.3. The van der Waals surface area contributed by atoms with E-state index in [1.165, 1.54) is 64.2 Å². The Balaban J connectivity index is 3.40. The van der Waals surface area contributed by atoms with Crippen molar-refractivity contribution in [1.29, 1.82) is 0 Å². The quantitative estimate of drug-likeness (QED) is 0.239. The third kappa shape index (κ3) is 18.3. The molecule has 166 valence electrons. The summed E-state index contributed by atoms with van der Waals surface area (Å²) in [4.78, 5) is 22.9. The molecule has 5 nitrogen and oxygen atoms in total. The summed E-state index contributed by atoms with van der Waals surface area (Å²) in [6.07, 6.45) is 18.0. The highest BCUT2D eigenvalue weighted by Gasteiger charge is 2.18. The molecule has 0 aromatic heterocycles. The summed E-state index contributed by atoms with van der Waals surface area (Å²) >= 11 is 0. The highest BCUT2D eigenvalue weighted by molar-refractivity contribution is 5.83. The number of amides is 1. The summed E-state index contributed by atoms with van der Waals surface area (Å²) in [7, 11) is 0. The average Bonchev–Trinajstić information content (AvgIpc) is 2.64. The molecule has 0 heterocycles. The van der Waals surface area contributed by atoms with Crippen LogP contribution in [-0.2, 0) is 9.59 Å². The van der Waals surface area contributed by atoms with E-state index in [2.05, 4.69) is 19.2 Å². The van der Waals surface area contributed by atoms with Crippen molar-refractivity contribution in [3.8, 4) is 0 Å². The summed E-state index contributed by atoms with van der Waals surface area (Å²) in [5.41, 5.74) is 5.40. The van der Waals surface area contributed by atoms with E-state index < -0.39 is 12.0 Å². The number of carboxylic acid groups (broad SMARTS) is 1. The largest absolute Gasteiger partial charge is 0.480 e. The van der Waals surface area contributed by atoms with Gasteiger partial charge >= 0.3 is 5.97 Å². The number of carbonyl (C=O) groups excluding carboxylic acids is 1. The van der Waals surface area contributed by atoms with Crippen molar-refractivity contribution in [2.75, 3.05) is 6.54 Å².